The van der Waals surface area contributed by atoms with Gasteiger partial charge >= 0.3 is 5.97 Å². The van der Waals surface area contributed by atoms with Gasteiger partial charge in [-0.05, 0) is 56.6 Å². The molecule has 0 fully saturated rings. The van der Waals surface area contributed by atoms with Crippen molar-refractivity contribution in [1.82, 2.24) is 9.97 Å². The molecule has 1 heterocycles. The number of Topliss-reactive ketones (excluding diaryl/α,β-unsaturated/α-hetero) is 1. The molecule has 1 aromatic rings. The molecule has 29 heavy (non-hydrogen) atoms. The third kappa shape index (κ3) is 5.76. The molecule has 0 saturated heterocycles. The number of aromatic amines is 1. The number of imidazole rings is 1. The van der Waals surface area contributed by atoms with Gasteiger partial charge in [0.05, 0.1) is 0 Å². The van der Waals surface area contributed by atoms with Crippen LogP contribution in [0.25, 0.3) is 0 Å². The zero-order chi connectivity index (χ0) is 21.6. The Morgan fingerprint density at radius 2 is 1.97 bits per heavy atom. The maximum absolute atomic E-state index is 12.4. The van der Waals surface area contributed by atoms with E-state index >= 15 is 0 Å². The SMILES string of the molecule is CC(C=CC1=C(C)CCCC1(C)C)=CC=CC(C)=C(C(=O)O)C(=O)c1ncc[nH]1. The van der Waals surface area contributed by atoms with Crippen molar-refractivity contribution < 1.29 is 14.7 Å². The van der Waals surface area contributed by atoms with E-state index in [-0.39, 0.29) is 16.8 Å². The number of ketones is 1. The molecule has 1 aromatic heterocycles. The van der Waals surface area contributed by atoms with E-state index in [0.717, 1.165) is 12.0 Å². The number of aliphatic carboxylic acids is 1. The fraction of sp³-hybridized carbons (Fsp3) is 0.375. The summed E-state index contributed by atoms with van der Waals surface area (Å²) in [6.07, 6.45) is 16.1. The van der Waals surface area contributed by atoms with Crippen LogP contribution in [0.1, 0.15) is 64.5 Å². The number of H-pyrrole nitrogens is 1. The van der Waals surface area contributed by atoms with Crippen LogP contribution < -0.4 is 0 Å². The minimum Gasteiger partial charge on any atom is -0.478 e. The molecule has 0 amide bonds. The van der Waals surface area contributed by atoms with Crippen molar-refractivity contribution >= 4 is 11.8 Å². The minimum atomic E-state index is -1.27. The van der Waals surface area contributed by atoms with Crippen LogP contribution in [0.2, 0.25) is 0 Å². The van der Waals surface area contributed by atoms with Gasteiger partial charge in [-0.3, -0.25) is 4.79 Å². The first-order valence-corrected chi connectivity index (χ1v) is 9.85. The van der Waals surface area contributed by atoms with Crippen LogP contribution in [-0.2, 0) is 4.79 Å². The monoisotopic (exact) mass is 394 g/mol. The minimum absolute atomic E-state index is 0.0172. The number of nitrogens with one attached hydrogen (secondary N) is 1. The summed E-state index contributed by atoms with van der Waals surface area (Å²) < 4.78 is 0. The van der Waals surface area contributed by atoms with Crippen molar-refractivity contribution in [1.29, 1.82) is 0 Å². The van der Waals surface area contributed by atoms with Crippen molar-refractivity contribution in [3.8, 4) is 0 Å². The maximum atomic E-state index is 12.4. The summed E-state index contributed by atoms with van der Waals surface area (Å²) in [6.45, 7) is 10.4. The molecule has 1 aliphatic rings. The Morgan fingerprint density at radius 1 is 1.24 bits per heavy atom. The number of aromatic nitrogens is 2. The van der Waals surface area contributed by atoms with Gasteiger partial charge in [-0.1, -0.05) is 55.4 Å². The van der Waals surface area contributed by atoms with Gasteiger partial charge in [0.1, 0.15) is 5.57 Å². The van der Waals surface area contributed by atoms with E-state index in [9.17, 15) is 14.7 Å². The molecule has 0 unspecified atom stereocenters. The van der Waals surface area contributed by atoms with Crippen LogP contribution in [0.3, 0.4) is 0 Å². The summed E-state index contributed by atoms with van der Waals surface area (Å²) in [6, 6.07) is 0. The third-order valence-electron chi connectivity index (χ3n) is 5.31. The molecule has 0 bridgehead atoms. The zero-order valence-electron chi connectivity index (χ0n) is 17.9. The number of carbonyl (C=O) groups is 2. The molecule has 2 rings (SSSR count). The lowest BCUT2D eigenvalue weighted by molar-refractivity contribution is -0.132. The lowest BCUT2D eigenvalue weighted by Gasteiger charge is -2.32. The number of hydrogen-bond acceptors (Lipinski definition) is 3. The number of carboxylic acid groups (broad SMARTS) is 1. The molecule has 0 atom stereocenters. The van der Waals surface area contributed by atoms with Gasteiger partial charge in [-0.25, -0.2) is 9.78 Å². The topological polar surface area (TPSA) is 83.0 Å². The van der Waals surface area contributed by atoms with Gasteiger partial charge in [0.2, 0.25) is 5.78 Å². The molecule has 2 N–H and O–H groups in total. The number of carbonyl (C=O) groups excluding carboxylic acids is 1. The largest absolute Gasteiger partial charge is 0.478 e. The van der Waals surface area contributed by atoms with Gasteiger partial charge in [0, 0.05) is 12.4 Å². The smallest absolute Gasteiger partial charge is 0.340 e. The summed E-state index contributed by atoms with van der Waals surface area (Å²) >= 11 is 0. The molecule has 5 heteroatoms. The lowest BCUT2D eigenvalue weighted by Crippen LogP contribution is -2.19. The van der Waals surface area contributed by atoms with Crippen LogP contribution in [0.5, 0.6) is 0 Å². The maximum Gasteiger partial charge on any atom is 0.340 e. The third-order valence-corrected chi connectivity index (χ3v) is 5.31. The molecule has 0 aromatic carbocycles. The molecular weight excluding hydrogens is 364 g/mol. The van der Waals surface area contributed by atoms with Gasteiger partial charge < -0.3 is 10.1 Å². The Morgan fingerprint density at radius 3 is 2.55 bits per heavy atom. The summed E-state index contributed by atoms with van der Waals surface area (Å²) in [4.78, 5) is 30.4. The standard InChI is InChI=1S/C24H30N2O3/c1-16(11-12-19-17(2)10-7-13-24(19,4)5)8-6-9-18(3)20(23(28)29)21(27)22-25-14-15-26-22/h6,8-9,11-12,14-15H,7,10,13H2,1-5H3,(H,25,26)(H,28,29). The highest BCUT2D eigenvalue weighted by Gasteiger charge is 2.26. The average Bonchev–Trinajstić information content (AvgIpc) is 3.15. The van der Waals surface area contributed by atoms with Gasteiger partial charge in [-0.15, -0.1) is 0 Å². The normalized spacial score (nSPS) is 18.4. The Kier molecular flexibility index (Phi) is 7.32. The van der Waals surface area contributed by atoms with E-state index in [1.54, 1.807) is 19.1 Å². The van der Waals surface area contributed by atoms with Crippen LogP contribution in [0, 0.1) is 5.41 Å². The van der Waals surface area contributed by atoms with Crippen molar-refractivity contribution in [3.05, 3.63) is 76.5 Å². The van der Waals surface area contributed by atoms with Crippen molar-refractivity contribution in [3.63, 3.8) is 0 Å². The predicted octanol–water partition coefficient (Wildman–Crippen LogP) is 5.58. The number of nitrogens with zero attached hydrogens (tertiary/aromatic N) is 1. The van der Waals surface area contributed by atoms with Gasteiger partial charge in [-0.2, -0.15) is 0 Å². The second-order valence-corrected chi connectivity index (χ2v) is 8.16. The van der Waals surface area contributed by atoms with E-state index in [4.69, 9.17) is 0 Å². The highest BCUT2D eigenvalue weighted by molar-refractivity contribution is 6.23. The lowest BCUT2D eigenvalue weighted by atomic mass is 9.72. The van der Waals surface area contributed by atoms with Gasteiger partial charge in [0.25, 0.3) is 0 Å². The fourth-order valence-electron chi connectivity index (χ4n) is 3.66. The highest BCUT2D eigenvalue weighted by atomic mass is 16.4. The molecule has 0 aliphatic heterocycles. The van der Waals surface area contributed by atoms with Crippen LogP contribution in [0.15, 0.2) is 70.6 Å². The van der Waals surface area contributed by atoms with Crippen LogP contribution >= 0.6 is 0 Å². The van der Waals surface area contributed by atoms with Crippen LogP contribution in [0.4, 0.5) is 0 Å². The average molecular weight is 395 g/mol. The number of carboxylic acids is 1. The van der Waals surface area contributed by atoms with Crippen molar-refractivity contribution in [2.75, 3.05) is 0 Å². The first kappa shape index (κ1) is 22.3. The Labute approximate surface area is 172 Å². The van der Waals surface area contributed by atoms with Crippen molar-refractivity contribution in [2.45, 2.75) is 53.9 Å². The molecule has 0 saturated carbocycles. The quantitative estimate of drug-likeness (QED) is 0.208. The van der Waals surface area contributed by atoms with E-state index in [0.29, 0.717) is 5.57 Å². The van der Waals surface area contributed by atoms with E-state index in [1.807, 2.05) is 13.0 Å². The molecule has 5 nitrogen and oxygen atoms in total. The molecule has 1 aliphatic carbocycles. The predicted molar refractivity (Wildman–Crippen MR) is 116 cm³/mol. The Balaban J connectivity index is 2.19. The summed E-state index contributed by atoms with van der Waals surface area (Å²) in [5.41, 5.74) is 4.17. The molecule has 0 spiro atoms. The molecular formula is C24H30N2O3. The molecule has 0 radical (unpaired) electrons. The summed E-state index contributed by atoms with van der Waals surface area (Å²) in [5, 5.41) is 9.44. The number of rotatable bonds is 7. The van der Waals surface area contributed by atoms with Gasteiger partial charge in [0.15, 0.2) is 5.82 Å². The van der Waals surface area contributed by atoms with Crippen molar-refractivity contribution in [2.24, 2.45) is 5.41 Å². The van der Waals surface area contributed by atoms with E-state index in [2.05, 4.69) is 42.9 Å². The highest BCUT2D eigenvalue weighted by Crippen LogP contribution is 2.40. The van der Waals surface area contributed by atoms with E-state index < -0.39 is 11.8 Å². The Bertz CT molecular complexity index is 923. The first-order chi connectivity index (χ1) is 13.6. The number of hydrogen-bond donors (Lipinski definition) is 2. The van der Waals surface area contributed by atoms with E-state index in [1.165, 1.54) is 36.4 Å². The zero-order valence-corrected chi connectivity index (χ0v) is 17.9. The summed E-state index contributed by atoms with van der Waals surface area (Å²) in [5.74, 6) is -1.88. The number of allylic oxidation sites excluding steroid dienone is 9. The summed E-state index contributed by atoms with van der Waals surface area (Å²) in [7, 11) is 0. The first-order valence-electron chi connectivity index (χ1n) is 9.85. The second kappa shape index (κ2) is 9.50. The molecule has 154 valence electrons. The fourth-order valence-corrected chi connectivity index (χ4v) is 3.66. The second-order valence-electron chi connectivity index (χ2n) is 8.16. The van der Waals surface area contributed by atoms with Crippen LogP contribution in [-0.4, -0.2) is 26.8 Å². The Hall–Kier alpha value is -2.95.